The lowest BCUT2D eigenvalue weighted by Gasteiger charge is -2.07. The fourth-order valence-corrected chi connectivity index (χ4v) is 2.88. The summed E-state index contributed by atoms with van der Waals surface area (Å²) in [5.74, 6) is 1.45. The maximum absolute atomic E-state index is 12.4. The molecular weight excluding hydrogens is 412 g/mol. The highest BCUT2D eigenvalue weighted by Gasteiger charge is 2.16. The number of aromatic nitrogens is 4. The van der Waals surface area contributed by atoms with Crippen LogP contribution in [-0.2, 0) is 13.6 Å². The van der Waals surface area contributed by atoms with Crippen LogP contribution in [0.25, 0.3) is 11.2 Å². The molecular formula is C19H21ClN6O4. The molecule has 158 valence electrons. The number of rotatable bonds is 7. The SMILES string of the molecule is COc1ccc(C=NNc2nc3c(c(=O)[nH]c(=O)n3C)n2CC=C(C)Cl)cc1OC. The van der Waals surface area contributed by atoms with Gasteiger partial charge in [0.2, 0.25) is 5.95 Å². The second-order valence-corrected chi connectivity index (χ2v) is 6.91. The second-order valence-electron chi connectivity index (χ2n) is 6.31. The zero-order valence-electron chi connectivity index (χ0n) is 16.9. The largest absolute Gasteiger partial charge is 0.493 e. The van der Waals surface area contributed by atoms with E-state index in [4.69, 9.17) is 21.1 Å². The van der Waals surface area contributed by atoms with Gasteiger partial charge in [-0.2, -0.15) is 10.1 Å². The Hall–Kier alpha value is -3.53. The number of hydrazone groups is 1. The van der Waals surface area contributed by atoms with E-state index in [-0.39, 0.29) is 23.7 Å². The van der Waals surface area contributed by atoms with E-state index in [0.717, 1.165) is 5.56 Å². The minimum absolute atomic E-state index is 0.230. The minimum Gasteiger partial charge on any atom is -0.493 e. The third kappa shape index (κ3) is 4.23. The molecule has 0 aliphatic heterocycles. The number of hydrogen-bond acceptors (Lipinski definition) is 7. The smallest absolute Gasteiger partial charge is 0.329 e. The van der Waals surface area contributed by atoms with Crippen LogP contribution in [0.2, 0.25) is 0 Å². The normalized spacial score (nSPS) is 12.0. The molecule has 3 rings (SSSR count). The zero-order chi connectivity index (χ0) is 21.8. The highest BCUT2D eigenvalue weighted by atomic mass is 35.5. The number of fused-ring (bicyclic) bond motifs is 1. The van der Waals surface area contributed by atoms with E-state index in [2.05, 4.69) is 20.5 Å². The standard InChI is InChI=1S/C19H21ClN6O4/c1-11(20)7-8-26-15-16(25(2)19(28)23-17(15)27)22-18(26)24-21-10-12-5-6-13(29-3)14(9-12)30-4/h5-7,9-10H,8H2,1-4H3,(H,22,24)(H,23,27,28). The molecule has 30 heavy (non-hydrogen) atoms. The Morgan fingerprint density at radius 3 is 2.70 bits per heavy atom. The van der Waals surface area contributed by atoms with Gasteiger partial charge in [-0.25, -0.2) is 10.2 Å². The van der Waals surface area contributed by atoms with Crippen molar-refractivity contribution in [3.8, 4) is 11.5 Å². The number of methoxy groups -OCH3 is 2. The first kappa shape index (κ1) is 21.2. The molecule has 0 unspecified atom stereocenters. The van der Waals surface area contributed by atoms with Crippen molar-refractivity contribution in [2.75, 3.05) is 19.6 Å². The van der Waals surface area contributed by atoms with Crippen LogP contribution in [0, 0.1) is 0 Å². The lowest BCUT2D eigenvalue weighted by Crippen LogP contribution is -2.29. The summed E-state index contributed by atoms with van der Waals surface area (Å²) < 4.78 is 13.3. The number of imidazole rings is 1. The number of anilines is 1. The van der Waals surface area contributed by atoms with E-state index >= 15 is 0 Å². The summed E-state index contributed by atoms with van der Waals surface area (Å²) >= 11 is 5.95. The van der Waals surface area contributed by atoms with Crippen LogP contribution in [0.5, 0.6) is 11.5 Å². The molecule has 0 amide bonds. The van der Waals surface area contributed by atoms with Crippen molar-refractivity contribution in [3.63, 3.8) is 0 Å². The maximum Gasteiger partial charge on any atom is 0.329 e. The average Bonchev–Trinajstić information content (AvgIpc) is 3.09. The lowest BCUT2D eigenvalue weighted by atomic mass is 10.2. The van der Waals surface area contributed by atoms with E-state index in [1.165, 1.54) is 11.6 Å². The number of allylic oxidation sites excluding steroid dienone is 2. The first-order valence-electron chi connectivity index (χ1n) is 8.88. The van der Waals surface area contributed by atoms with Crippen LogP contribution in [0.4, 0.5) is 5.95 Å². The number of nitrogens with one attached hydrogen (secondary N) is 2. The molecule has 0 radical (unpaired) electrons. The summed E-state index contributed by atoms with van der Waals surface area (Å²) in [5, 5.41) is 4.75. The molecule has 0 bridgehead atoms. The highest BCUT2D eigenvalue weighted by molar-refractivity contribution is 6.29. The molecule has 2 N–H and O–H groups in total. The van der Waals surface area contributed by atoms with Crippen molar-refractivity contribution in [1.29, 1.82) is 0 Å². The van der Waals surface area contributed by atoms with Gasteiger partial charge in [0.25, 0.3) is 5.56 Å². The van der Waals surface area contributed by atoms with Crippen molar-refractivity contribution in [1.82, 2.24) is 19.1 Å². The summed E-state index contributed by atoms with van der Waals surface area (Å²) in [5.41, 5.74) is 2.94. The molecule has 11 heteroatoms. The monoisotopic (exact) mass is 432 g/mol. The summed E-state index contributed by atoms with van der Waals surface area (Å²) in [6, 6.07) is 5.34. The van der Waals surface area contributed by atoms with E-state index < -0.39 is 11.2 Å². The zero-order valence-corrected chi connectivity index (χ0v) is 17.6. The lowest BCUT2D eigenvalue weighted by molar-refractivity contribution is 0.355. The van der Waals surface area contributed by atoms with Crippen molar-refractivity contribution in [3.05, 3.63) is 55.7 Å². The Morgan fingerprint density at radius 2 is 2.03 bits per heavy atom. The number of nitrogens with zero attached hydrogens (tertiary/aromatic N) is 4. The number of halogens is 1. The first-order chi connectivity index (χ1) is 14.3. The van der Waals surface area contributed by atoms with Crippen LogP contribution in [0.15, 0.2) is 44.0 Å². The number of aryl methyl sites for hydroxylation is 1. The van der Waals surface area contributed by atoms with Crippen LogP contribution < -0.4 is 26.1 Å². The predicted octanol–water partition coefficient (Wildman–Crippen LogP) is 2.03. The summed E-state index contributed by atoms with van der Waals surface area (Å²) in [6.45, 7) is 1.99. The van der Waals surface area contributed by atoms with Gasteiger partial charge in [0.05, 0.1) is 20.4 Å². The van der Waals surface area contributed by atoms with Gasteiger partial charge >= 0.3 is 5.69 Å². The molecule has 10 nitrogen and oxygen atoms in total. The molecule has 2 aromatic heterocycles. The van der Waals surface area contributed by atoms with Gasteiger partial charge in [0, 0.05) is 18.6 Å². The molecule has 2 heterocycles. The quantitative estimate of drug-likeness (QED) is 0.436. The van der Waals surface area contributed by atoms with E-state index in [1.807, 2.05) is 6.07 Å². The van der Waals surface area contributed by atoms with Crippen LogP contribution >= 0.6 is 11.6 Å². The number of ether oxygens (including phenoxy) is 2. The summed E-state index contributed by atoms with van der Waals surface area (Å²) in [6.07, 6.45) is 3.29. The highest BCUT2D eigenvalue weighted by Crippen LogP contribution is 2.27. The predicted molar refractivity (Wildman–Crippen MR) is 116 cm³/mol. The van der Waals surface area contributed by atoms with Gasteiger partial charge in [0.1, 0.15) is 0 Å². The topological polar surface area (TPSA) is 116 Å². The molecule has 0 spiro atoms. The summed E-state index contributed by atoms with van der Waals surface area (Å²) in [4.78, 5) is 30.9. The second kappa shape index (κ2) is 8.87. The molecule has 0 saturated carbocycles. The van der Waals surface area contributed by atoms with Gasteiger partial charge in [-0.05, 0) is 30.7 Å². The third-order valence-corrected chi connectivity index (χ3v) is 4.50. The number of hydrogen-bond donors (Lipinski definition) is 2. The van der Waals surface area contributed by atoms with E-state index in [0.29, 0.717) is 16.5 Å². The van der Waals surface area contributed by atoms with Gasteiger partial charge < -0.3 is 9.47 Å². The van der Waals surface area contributed by atoms with Crippen LogP contribution in [0.3, 0.4) is 0 Å². The molecule has 0 saturated heterocycles. The van der Waals surface area contributed by atoms with Crippen LogP contribution in [0.1, 0.15) is 12.5 Å². The number of benzene rings is 1. The van der Waals surface area contributed by atoms with Crippen molar-refractivity contribution < 1.29 is 9.47 Å². The fourth-order valence-electron chi connectivity index (χ4n) is 2.81. The Labute approximate surface area is 176 Å². The average molecular weight is 433 g/mol. The molecule has 3 aromatic rings. The Kier molecular flexibility index (Phi) is 6.26. The van der Waals surface area contributed by atoms with E-state index in [1.54, 1.807) is 50.1 Å². The van der Waals surface area contributed by atoms with Gasteiger partial charge in [-0.1, -0.05) is 17.7 Å². The molecule has 1 aromatic carbocycles. The Balaban J connectivity index is 2.00. The number of aromatic amines is 1. The first-order valence-corrected chi connectivity index (χ1v) is 9.26. The van der Waals surface area contributed by atoms with Gasteiger partial charge in [-0.3, -0.25) is 18.9 Å². The van der Waals surface area contributed by atoms with Crippen molar-refractivity contribution >= 4 is 34.9 Å². The van der Waals surface area contributed by atoms with Gasteiger partial charge in [0.15, 0.2) is 22.7 Å². The molecule has 0 atom stereocenters. The molecule has 0 aliphatic rings. The Bertz CT molecular complexity index is 1250. The summed E-state index contributed by atoms with van der Waals surface area (Å²) in [7, 11) is 4.63. The van der Waals surface area contributed by atoms with Crippen molar-refractivity contribution in [2.45, 2.75) is 13.5 Å². The van der Waals surface area contributed by atoms with Crippen LogP contribution in [-0.4, -0.2) is 39.5 Å². The van der Waals surface area contributed by atoms with E-state index in [9.17, 15) is 9.59 Å². The third-order valence-electron chi connectivity index (χ3n) is 4.35. The number of H-pyrrole nitrogens is 1. The van der Waals surface area contributed by atoms with Crippen molar-refractivity contribution in [2.24, 2.45) is 12.1 Å². The Morgan fingerprint density at radius 1 is 1.30 bits per heavy atom. The molecule has 0 fully saturated rings. The van der Waals surface area contributed by atoms with Gasteiger partial charge in [-0.15, -0.1) is 0 Å². The maximum atomic E-state index is 12.4. The molecule has 0 aliphatic carbocycles. The fraction of sp³-hybridized carbons (Fsp3) is 0.263. The minimum atomic E-state index is -0.554.